The minimum Gasteiger partial charge on any atom is -0.477 e. The normalized spacial score (nSPS) is 35.6. The summed E-state index contributed by atoms with van der Waals surface area (Å²) in [5, 5.41) is 12.5. The number of aliphatic hydroxyl groups is 1. The standard InChI is InChI=1S/C32H37NO13/c1-6-12-33-13-11-31-22-18-7-8-20(23(22)45-28(31)19(37)9-10-32(31,39)21(33)14-18)44-30-27(43-17(4)36)25(42-16(3)35)24(41-15(2)34)26(46-30)29(38)40-5/h6-8,21,24-28,30,39H,1,9-14H2,2-5H3/t21-,24-,25?,26?,27?,28-,30-,31+,32-/m1/s1. The number of nitrogens with zero attached hydrogens (tertiary/aromatic N) is 1. The first-order chi connectivity index (χ1) is 21.9. The number of likely N-dealkylation sites (tertiary alicyclic amines) is 1. The first kappa shape index (κ1) is 32.0. The zero-order chi connectivity index (χ0) is 33.1. The van der Waals surface area contributed by atoms with E-state index in [9.17, 15) is 29.1 Å². The Bertz CT molecular complexity index is 1490. The molecule has 0 radical (unpaired) electrons. The fraction of sp³-hybridized carbons (Fsp3) is 0.594. The Morgan fingerprint density at radius 1 is 1.04 bits per heavy atom. The highest BCUT2D eigenvalue weighted by Crippen LogP contribution is 2.65. The Morgan fingerprint density at radius 2 is 1.72 bits per heavy atom. The number of hydrogen-bond donors (Lipinski definition) is 1. The van der Waals surface area contributed by atoms with Gasteiger partial charge in [0.05, 0.1) is 18.1 Å². The molecule has 1 spiro atoms. The van der Waals surface area contributed by atoms with Crippen molar-refractivity contribution >= 4 is 29.7 Å². The summed E-state index contributed by atoms with van der Waals surface area (Å²) in [5.74, 6) is -3.23. The van der Waals surface area contributed by atoms with Gasteiger partial charge in [0.2, 0.25) is 12.4 Å². The molecule has 1 aromatic rings. The summed E-state index contributed by atoms with van der Waals surface area (Å²) >= 11 is 0. The molecule has 14 heteroatoms. The maximum atomic E-state index is 13.4. The molecule has 9 atom stereocenters. The smallest absolute Gasteiger partial charge is 0.339 e. The first-order valence-corrected chi connectivity index (χ1v) is 15.2. The van der Waals surface area contributed by atoms with Gasteiger partial charge >= 0.3 is 23.9 Å². The van der Waals surface area contributed by atoms with Crippen LogP contribution in [0.4, 0.5) is 0 Å². The lowest BCUT2D eigenvalue weighted by Gasteiger charge is -2.62. The minimum atomic E-state index is -1.65. The monoisotopic (exact) mass is 643 g/mol. The van der Waals surface area contributed by atoms with Crippen molar-refractivity contribution in [3.8, 4) is 11.5 Å². The van der Waals surface area contributed by atoms with Crippen molar-refractivity contribution in [3.63, 3.8) is 0 Å². The van der Waals surface area contributed by atoms with Crippen molar-refractivity contribution in [2.24, 2.45) is 0 Å². The summed E-state index contributed by atoms with van der Waals surface area (Å²) in [6.45, 7) is 8.37. The van der Waals surface area contributed by atoms with Crippen LogP contribution in [0.5, 0.6) is 11.5 Å². The number of benzene rings is 1. The number of ketones is 1. The number of piperidine rings is 1. The van der Waals surface area contributed by atoms with E-state index in [1.165, 1.54) is 0 Å². The molecule has 2 saturated heterocycles. The van der Waals surface area contributed by atoms with E-state index >= 15 is 0 Å². The van der Waals surface area contributed by atoms with Gasteiger partial charge in [0.1, 0.15) is 0 Å². The fourth-order valence-electron chi connectivity index (χ4n) is 8.18. The minimum absolute atomic E-state index is 0.0860. The number of methoxy groups -OCH3 is 1. The van der Waals surface area contributed by atoms with Gasteiger partial charge in [0.25, 0.3) is 0 Å². The lowest BCUT2D eigenvalue weighted by atomic mass is 9.49. The zero-order valence-corrected chi connectivity index (χ0v) is 26.0. The van der Waals surface area contributed by atoms with Gasteiger partial charge in [0.15, 0.2) is 41.7 Å². The summed E-state index contributed by atoms with van der Waals surface area (Å²) in [5.41, 5.74) is -0.716. The zero-order valence-electron chi connectivity index (χ0n) is 26.0. The second-order valence-corrected chi connectivity index (χ2v) is 12.3. The van der Waals surface area contributed by atoms with E-state index in [2.05, 4.69) is 11.5 Å². The van der Waals surface area contributed by atoms with Gasteiger partial charge in [-0.3, -0.25) is 24.1 Å². The van der Waals surface area contributed by atoms with Crippen molar-refractivity contribution < 1.29 is 62.2 Å². The molecule has 248 valence electrons. The summed E-state index contributed by atoms with van der Waals surface area (Å²) in [7, 11) is 1.09. The van der Waals surface area contributed by atoms with Gasteiger partial charge in [-0.1, -0.05) is 12.1 Å². The van der Waals surface area contributed by atoms with Crippen LogP contribution < -0.4 is 9.47 Å². The van der Waals surface area contributed by atoms with Crippen molar-refractivity contribution in [3.05, 3.63) is 35.9 Å². The average Bonchev–Trinajstić information content (AvgIpc) is 3.35. The highest BCUT2D eigenvalue weighted by molar-refractivity contribution is 5.90. The molecule has 0 amide bonds. The highest BCUT2D eigenvalue weighted by atomic mass is 16.7. The molecule has 2 bridgehead atoms. The van der Waals surface area contributed by atoms with Gasteiger partial charge in [-0.05, 0) is 30.9 Å². The highest BCUT2D eigenvalue weighted by Gasteiger charge is 2.73. The Hall–Kier alpha value is -4.01. The van der Waals surface area contributed by atoms with Crippen molar-refractivity contribution in [1.29, 1.82) is 0 Å². The molecule has 1 N–H and O–H groups in total. The number of carbonyl (C=O) groups excluding carboxylic acids is 5. The predicted octanol–water partition coefficient (Wildman–Crippen LogP) is 0.668. The lowest BCUT2D eigenvalue weighted by molar-refractivity contribution is -0.282. The summed E-state index contributed by atoms with van der Waals surface area (Å²) in [4.78, 5) is 65.0. The SMILES string of the molecule is C=CCN1CC[C@]23c4c5ccc(O[C@@H]6OC(C(=O)OC)[C@H](OC(C)=O)C(OC(C)=O)C6OC(C)=O)c4O[C@@H]2C(=O)CC[C@@]3(O)[C@H]1C5. The number of Topliss-reactive ketones (excluding diaryl/α,β-unsaturated/α-hetero) is 1. The molecule has 3 heterocycles. The lowest BCUT2D eigenvalue weighted by Crippen LogP contribution is -2.76. The Morgan fingerprint density at radius 3 is 2.37 bits per heavy atom. The van der Waals surface area contributed by atoms with Crippen molar-refractivity contribution in [2.45, 2.75) is 100 Å². The molecule has 46 heavy (non-hydrogen) atoms. The van der Waals surface area contributed by atoms with Crippen LogP contribution in [0.1, 0.15) is 51.2 Å². The summed E-state index contributed by atoms with van der Waals surface area (Å²) in [6, 6.07) is 3.18. The molecule has 5 aliphatic rings. The molecule has 0 aromatic heterocycles. The third kappa shape index (κ3) is 4.76. The largest absolute Gasteiger partial charge is 0.477 e. The van der Waals surface area contributed by atoms with Gasteiger partial charge in [0, 0.05) is 51.9 Å². The molecule has 2 aliphatic carbocycles. The molecule has 3 fully saturated rings. The molecule has 1 saturated carbocycles. The second-order valence-electron chi connectivity index (χ2n) is 12.3. The number of hydrogen-bond acceptors (Lipinski definition) is 14. The van der Waals surface area contributed by atoms with E-state index in [0.29, 0.717) is 31.5 Å². The number of esters is 4. The Kier molecular flexibility index (Phi) is 8.10. The third-order valence-corrected chi connectivity index (χ3v) is 9.79. The molecule has 14 nitrogen and oxygen atoms in total. The van der Waals surface area contributed by atoms with E-state index in [0.717, 1.165) is 33.4 Å². The topological polar surface area (TPSA) is 173 Å². The second kappa shape index (κ2) is 11.7. The number of ether oxygens (including phenoxy) is 7. The number of carbonyl (C=O) groups is 5. The van der Waals surface area contributed by atoms with E-state index < -0.39 is 71.7 Å². The summed E-state index contributed by atoms with van der Waals surface area (Å²) in [6.07, 6.45) is -5.67. The van der Waals surface area contributed by atoms with Crippen LogP contribution in [0.15, 0.2) is 24.8 Å². The molecular weight excluding hydrogens is 606 g/mol. The molecule has 6 rings (SSSR count). The van der Waals surface area contributed by atoms with Crippen LogP contribution in [-0.4, -0.2) is 108 Å². The van der Waals surface area contributed by atoms with Crippen LogP contribution in [-0.2, 0) is 59.5 Å². The van der Waals surface area contributed by atoms with E-state index in [1.54, 1.807) is 12.1 Å². The van der Waals surface area contributed by atoms with Crippen LogP contribution >= 0.6 is 0 Å². The van der Waals surface area contributed by atoms with Crippen molar-refractivity contribution in [1.82, 2.24) is 4.90 Å². The molecule has 3 unspecified atom stereocenters. The van der Waals surface area contributed by atoms with Gasteiger partial charge in [-0.15, -0.1) is 6.58 Å². The van der Waals surface area contributed by atoms with Crippen LogP contribution in [0.25, 0.3) is 0 Å². The van der Waals surface area contributed by atoms with Gasteiger partial charge < -0.3 is 38.3 Å². The van der Waals surface area contributed by atoms with Gasteiger partial charge in [-0.2, -0.15) is 0 Å². The summed E-state index contributed by atoms with van der Waals surface area (Å²) < 4.78 is 39.8. The maximum Gasteiger partial charge on any atom is 0.339 e. The first-order valence-electron chi connectivity index (χ1n) is 15.2. The third-order valence-electron chi connectivity index (χ3n) is 9.79. The van der Waals surface area contributed by atoms with Gasteiger partial charge in [-0.25, -0.2) is 4.79 Å². The molecule has 3 aliphatic heterocycles. The van der Waals surface area contributed by atoms with Crippen LogP contribution in [0.2, 0.25) is 0 Å². The van der Waals surface area contributed by atoms with E-state index in [-0.39, 0.29) is 36.2 Å². The predicted molar refractivity (Wildman–Crippen MR) is 154 cm³/mol. The molecule has 1 aromatic carbocycles. The fourth-order valence-corrected chi connectivity index (χ4v) is 8.18. The Balaban J connectivity index is 1.44. The maximum absolute atomic E-state index is 13.4. The number of rotatable bonds is 8. The van der Waals surface area contributed by atoms with E-state index in [4.69, 9.17) is 33.2 Å². The van der Waals surface area contributed by atoms with Crippen LogP contribution in [0, 0.1) is 0 Å². The van der Waals surface area contributed by atoms with Crippen molar-refractivity contribution in [2.75, 3.05) is 20.2 Å². The van der Waals surface area contributed by atoms with Crippen LogP contribution in [0.3, 0.4) is 0 Å². The quantitative estimate of drug-likeness (QED) is 0.238. The Labute approximate surface area is 264 Å². The average molecular weight is 644 g/mol. The molecular formula is C32H37NO13. The van der Waals surface area contributed by atoms with E-state index in [1.807, 2.05) is 6.07 Å².